The summed E-state index contributed by atoms with van der Waals surface area (Å²) in [6, 6.07) is 7.55. The van der Waals surface area contributed by atoms with Crippen LogP contribution in [0.3, 0.4) is 0 Å². The molecular weight excluding hydrogens is 228 g/mol. The van der Waals surface area contributed by atoms with E-state index in [0.717, 1.165) is 12.1 Å². The molecule has 98 valence electrons. The number of hydrogen-bond donors (Lipinski definition) is 1. The van der Waals surface area contributed by atoms with Crippen LogP contribution < -0.4 is 10.5 Å². The largest absolute Gasteiger partial charge is 0.483 e. The highest BCUT2D eigenvalue weighted by molar-refractivity contribution is 5.77. The number of hydrogen-bond acceptors (Lipinski definition) is 3. The summed E-state index contributed by atoms with van der Waals surface area (Å²) >= 11 is 0. The van der Waals surface area contributed by atoms with Crippen molar-refractivity contribution < 1.29 is 9.53 Å². The fourth-order valence-corrected chi connectivity index (χ4v) is 1.85. The Hall–Kier alpha value is -1.55. The van der Waals surface area contributed by atoms with Crippen molar-refractivity contribution in [2.24, 2.45) is 11.7 Å². The molecule has 4 nitrogen and oxygen atoms in total. The smallest absolute Gasteiger partial charge is 0.260 e. The first-order valence-electron chi connectivity index (χ1n) is 6.35. The summed E-state index contributed by atoms with van der Waals surface area (Å²) in [4.78, 5) is 13.6. The zero-order valence-corrected chi connectivity index (χ0v) is 10.8. The van der Waals surface area contributed by atoms with E-state index in [1.54, 1.807) is 4.90 Å². The van der Waals surface area contributed by atoms with Crippen molar-refractivity contribution in [3.05, 3.63) is 29.8 Å². The summed E-state index contributed by atoms with van der Waals surface area (Å²) in [6.45, 7) is 1.35. The maximum atomic E-state index is 11.8. The van der Waals surface area contributed by atoms with Gasteiger partial charge in [0.1, 0.15) is 5.75 Å². The normalized spacial score (nSPS) is 14.3. The molecule has 0 atom stereocenters. The molecule has 0 saturated heterocycles. The van der Waals surface area contributed by atoms with E-state index in [0.29, 0.717) is 18.2 Å². The molecular formula is C14H20N2O2. The van der Waals surface area contributed by atoms with Crippen LogP contribution in [0.25, 0.3) is 0 Å². The highest BCUT2D eigenvalue weighted by Crippen LogP contribution is 2.29. The molecule has 0 radical (unpaired) electrons. The highest BCUT2D eigenvalue weighted by atomic mass is 16.5. The summed E-state index contributed by atoms with van der Waals surface area (Å²) in [5.41, 5.74) is 6.54. The van der Waals surface area contributed by atoms with Crippen molar-refractivity contribution in [1.82, 2.24) is 4.90 Å². The maximum absolute atomic E-state index is 11.8. The molecule has 0 spiro atoms. The van der Waals surface area contributed by atoms with Crippen LogP contribution in [0.2, 0.25) is 0 Å². The van der Waals surface area contributed by atoms with Crippen LogP contribution in [-0.2, 0) is 11.3 Å². The van der Waals surface area contributed by atoms with Crippen LogP contribution in [0, 0.1) is 5.92 Å². The number of amides is 1. The van der Waals surface area contributed by atoms with E-state index in [1.807, 2.05) is 31.3 Å². The first-order valence-corrected chi connectivity index (χ1v) is 6.35. The number of benzene rings is 1. The third kappa shape index (κ3) is 3.47. The van der Waals surface area contributed by atoms with Crippen molar-refractivity contribution in [1.29, 1.82) is 0 Å². The van der Waals surface area contributed by atoms with Gasteiger partial charge in [0.25, 0.3) is 5.91 Å². The molecule has 0 aliphatic heterocycles. The summed E-state index contributed by atoms with van der Waals surface area (Å²) in [6.07, 6.45) is 2.49. The molecule has 1 fully saturated rings. The quantitative estimate of drug-likeness (QED) is 0.827. The van der Waals surface area contributed by atoms with Gasteiger partial charge >= 0.3 is 0 Å². The van der Waals surface area contributed by atoms with E-state index in [2.05, 4.69) is 0 Å². The molecule has 4 heteroatoms. The molecule has 1 aliphatic carbocycles. The van der Waals surface area contributed by atoms with Gasteiger partial charge in [-0.05, 0) is 24.8 Å². The van der Waals surface area contributed by atoms with Crippen LogP contribution in [0.4, 0.5) is 0 Å². The predicted octanol–water partition coefficient (Wildman–Crippen LogP) is 1.39. The van der Waals surface area contributed by atoms with Gasteiger partial charge in [-0.15, -0.1) is 0 Å². The van der Waals surface area contributed by atoms with Crippen molar-refractivity contribution in [2.75, 3.05) is 20.2 Å². The van der Waals surface area contributed by atoms with E-state index >= 15 is 0 Å². The van der Waals surface area contributed by atoms with Gasteiger partial charge in [-0.1, -0.05) is 18.2 Å². The Bertz CT molecular complexity index is 416. The summed E-state index contributed by atoms with van der Waals surface area (Å²) in [5, 5.41) is 0. The van der Waals surface area contributed by atoms with Gasteiger partial charge in [-0.25, -0.2) is 0 Å². The first-order chi connectivity index (χ1) is 8.70. The topological polar surface area (TPSA) is 55.6 Å². The van der Waals surface area contributed by atoms with Crippen molar-refractivity contribution in [3.8, 4) is 5.75 Å². The predicted molar refractivity (Wildman–Crippen MR) is 70.2 cm³/mol. The number of likely N-dealkylation sites (N-methyl/N-ethyl adjacent to an activating group) is 1. The number of ether oxygens (including phenoxy) is 1. The number of nitrogens with two attached hydrogens (primary N) is 1. The highest BCUT2D eigenvalue weighted by Gasteiger charge is 2.24. The Balaban J connectivity index is 1.84. The first kappa shape index (κ1) is 12.9. The zero-order valence-electron chi connectivity index (χ0n) is 10.8. The molecule has 0 aromatic heterocycles. The van der Waals surface area contributed by atoms with E-state index in [9.17, 15) is 4.79 Å². The number of para-hydroxylation sites is 1. The zero-order chi connectivity index (χ0) is 13.0. The van der Waals surface area contributed by atoms with E-state index < -0.39 is 0 Å². The average Bonchev–Trinajstić information content (AvgIpc) is 3.20. The Labute approximate surface area is 108 Å². The lowest BCUT2D eigenvalue weighted by molar-refractivity contribution is -0.132. The lowest BCUT2D eigenvalue weighted by Gasteiger charge is -2.17. The lowest BCUT2D eigenvalue weighted by Crippen LogP contribution is -2.33. The van der Waals surface area contributed by atoms with Gasteiger partial charge in [0.2, 0.25) is 0 Å². The Morgan fingerprint density at radius 1 is 1.44 bits per heavy atom. The van der Waals surface area contributed by atoms with Crippen molar-refractivity contribution in [2.45, 2.75) is 19.4 Å². The van der Waals surface area contributed by atoms with Gasteiger partial charge in [0.15, 0.2) is 6.61 Å². The van der Waals surface area contributed by atoms with Gasteiger partial charge < -0.3 is 15.4 Å². The van der Waals surface area contributed by atoms with Gasteiger partial charge in [-0.2, -0.15) is 0 Å². The Morgan fingerprint density at radius 2 is 2.17 bits per heavy atom. The van der Waals surface area contributed by atoms with Crippen molar-refractivity contribution in [3.63, 3.8) is 0 Å². The van der Waals surface area contributed by atoms with Crippen LogP contribution in [0.1, 0.15) is 18.4 Å². The van der Waals surface area contributed by atoms with Gasteiger partial charge in [0.05, 0.1) is 0 Å². The number of carbonyl (C=O) groups excluding carboxylic acids is 1. The minimum Gasteiger partial charge on any atom is -0.483 e. The third-order valence-electron chi connectivity index (χ3n) is 3.20. The minimum absolute atomic E-state index is 0.0220. The third-order valence-corrected chi connectivity index (χ3v) is 3.20. The Kier molecular flexibility index (Phi) is 4.20. The molecule has 0 unspecified atom stereocenters. The Morgan fingerprint density at radius 3 is 2.83 bits per heavy atom. The fourth-order valence-electron chi connectivity index (χ4n) is 1.85. The molecule has 2 N–H and O–H groups in total. The molecule has 18 heavy (non-hydrogen) atoms. The molecule has 1 aliphatic rings. The minimum atomic E-state index is 0.0220. The van der Waals surface area contributed by atoms with E-state index in [-0.39, 0.29) is 12.5 Å². The van der Waals surface area contributed by atoms with Crippen LogP contribution in [-0.4, -0.2) is 31.0 Å². The van der Waals surface area contributed by atoms with E-state index in [1.165, 1.54) is 12.8 Å². The van der Waals surface area contributed by atoms with Crippen LogP contribution in [0.5, 0.6) is 5.75 Å². The monoisotopic (exact) mass is 248 g/mol. The summed E-state index contributed by atoms with van der Waals surface area (Å²) in [7, 11) is 1.83. The molecule has 2 rings (SSSR count). The van der Waals surface area contributed by atoms with E-state index in [4.69, 9.17) is 10.5 Å². The van der Waals surface area contributed by atoms with Crippen LogP contribution in [0.15, 0.2) is 24.3 Å². The number of rotatable bonds is 6. The second kappa shape index (κ2) is 5.87. The van der Waals surface area contributed by atoms with Gasteiger partial charge in [0, 0.05) is 25.7 Å². The van der Waals surface area contributed by atoms with Crippen molar-refractivity contribution >= 4 is 5.91 Å². The second-order valence-electron chi connectivity index (χ2n) is 4.82. The number of nitrogens with zero attached hydrogens (tertiary/aromatic N) is 1. The summed E-state index contributed by atoms with van der Waals surface area (Å²) in [5.74, 6) is 1.43. The van der Waals surface area contributed by atoms with Gasteiger partial charge in [-0.3, -0.25) is 4.79 Å². The standard InChI is InChI=1S/C14H20N2O2/c1-16(9-11-6-7-11)14(17)10-18-13-5-3-2-4-12(13)8-15/h2-5,11H,6-10,15H2,1H3. The summed E-state index contributed by atoms with van der Waals surface area (Å²) < 4.78 is 5.54. The SMILES string of the molecule is CN(CC1CC1)C(=O)COc1ccccc1CN. The molecule has 1 aromatic carbocycles. The molecule has 1 saturated carbocycles. The average molecular weight is 248 g/mol. The number of carbonyl (C=O) groups is 1. The van der Waals surface area contributed by atoms with Crippen LogP contribution >= 0.6 is 0 Å². The fraction of sp³-hybridized carbons (Fsp3) is 0.500. The molecule has 0 heterocycles. The second-order valence-corrected chi connectivity index (χ2v) is 4.82. The lowest BCUT2D eigenvalue weighted by atomic mass is 10.2. The molecule has 0 bridgehead atoms. The maximum Gasteiger partial charge on any atom is 0.260 e. The molecule has 1 amide bonds. The molecule has 1 aromatic rings.